The summed E-state index contributed by atoms with van der Waals surface area (Å²) in [6.07, 6.45) is 0.836. The normalized spacial score (nSPS) is 23.1. The zero-order chi connectivity index (χ0) is 12.8. The SMILES string of the molecule is O=C(O)c1cc2cc(S3(=O)=NCCC3)ccc2o1. The number of benzene rings is 1. The standard InChI is InChI=1S/C12H11NO4S/c14-12(15)11-7-8-6-9(2-3-10(8)17-11)18(16)5-1-4-13-18/h2-3,6-7H,1,4-5H2,(H,14,15). The van der Waals surface area contributed by atoms with E-state index in [9.17, 15) is 9.00 Å². The van der Waals surface area contributed by atoms with Crippen LogP contribution in [0.1, 0.15) is 17.0 Å². The Morgan fingerprint density at radius 3 is 2.89 bits per heavy atom. The molecule has 0 spiro atoms. The number of hydrogen-bond donors (Lipinski definition) is 1. The molecule has 0 saturated carbocycles. The highest BCUT2D eigenvalue weighted by molar-refractivity contribution is 7.93. The van der Waals surface area contributed by atoms with Gasteiger partial charge in [0.15, 0.2) is 0 Å². The Morgan fingerprint density at radius 1 is 1.39 bits per heavy atom. The number of furan rings is 1. The molecule has 1 N–H and O–H groups in total. The predicted octanol–water partition coefficient (Wildman–Crippen LogP) is 2.36. The van der Waals surface area contributed by atoms with E-state index in [2.05, 4.69) is 4.36 Å². The number of nitrogens with zero attached hydrogens (tertiary/aromatic N) is 1. The predicted molar refractivity (Wildman–Crippen MR) is 66.4 cm³/mol. The number of hydrogen-bond acceptors (Lipinski definition) is 4. The molecule has 18 heavy (non-hydrogen) atoms. The van der Waals surface area contributed by atoms with Gasteiger partial charge in [-0.25, -0.2) is 13.4 Å². The number of carbonyl (C=O) groups is 1. The van der Waals surface area contributed by atoms with Gasteiger partial charge in [-0.1, -0.05) is 0 Å². The Balaban J connectivity index is 2.17. The Kier molecular flexibility index (Phi) is 2.41. The molecule has 1 unspecified atom stereocenters. The molecule has 2 aromatic rings. The van der Waals surface area contributed by atoms with Crippen molar-refractivity contribution in [2.45, 2.75) is 11.3 Å². The third kappa shape index (κ3) is 1.69. The third-order valence-corrected chi connectivity index (χ3v) is 5.38. The Labute approximate surface area is 104 Å². The van der Waals surface area contributed by atoms with Crippen molar-refractivity contribution < 1.29 is 18.5 Å². The quantitative estimate of drug-likeness (QED) is 0.903. The van der Waals surface area contributed by atoms with Gasteiger partial charge < -0.3 is 9.52 Å². The van der Waals surface area contributed by atoms with Crippen LogP contribution in [0.3, 0.4) is 0 Å². The molecule has 2 heterocycles. The van der Waals surface area contributed by atoms with Crippen molar-refractivity contribution in [3.05, 3.63) is 30.0 Å². The van der Waals surface area contributed by atoms with Crippen molar-refractivity contribution in [1.82, 2.24) is 0 Å². The maximum absolute atomic E-state index is 12.5. The number of aromatic carboxylic acids is 1. The molecule has 0 amide bonds. The van der Waals surface area contributed by atoms with Crippen molar-refractivity contribution in [3.63, 3.8) is 0 Å². The fourth-order valence-electron chi connectivity index (χ4n) is 2.05. The molecule has 6 heteroatoms. The first-order valence-electron chi connectivity index (χ1n) is 5.56. The molecule has 0 aliphatic carbocycles. The average molecular weight is 265 g/mol. The van der Waals surface area contributed by atoms with E-state index in [1.807, 2.05) is 0 Å². The zero-order valence-electron chi connectivity index (χ0n) is 9.46. The summed E-state index contributed by atoms with van der Waals surface area (Å²) in [6, 6.07) is 6.51. The highest BCUT2D eigenvalue weighted by Crippen LogP contribution is 2.26. The van der Waals surface area contributed by atoms with Crippen molar-refractivity contribution in [1.29, 1.82) is 0 Å². The molecule has 1 aromatic carbocycles. The fraction of sp³-hybridized carbons (Fsp3) is 0.250. The lowest BCUT2D eigenvalue weighted by molar-refractivity contribution is 0.0665. The van der Waals surface area contributed by atoms with Gasteiger partial charge in [0.2, 0.25) is 5.76 Å². The lowest BCUT2D eigenvalue weighted by Crippen LogP contribution is -2.00. The molecule has 3 rings (SSSR count). The summed E-state index contributed by atoms with van der Waals surface area (Å²) in [7, 11) is -2.30. The first-order valence-corrected chi connectivity index (χ1v) is 7.24. The largest absolute Gasteiger partial charge is 0.475 e. The van der Waals surface area contributed by atoms with Gasteiger partial charge in [0.1, 0.15) is 5.58 Å². The Morgan fingerprint density at radius 2 is 2.22 bits per heavy atom. The molecule has 1 aromatic heterocycles. The van der Waals surface area contributed by atoms with Gasteiger partial charge in [-0.3, -0.25) is 0 Å². The van der Waals surface area contributed by atoms with Crippen molar-refractivity contribution in [2.75, 3.05) is 12.3 Å². The molecule has 0 bridgehead atoms. The summed E-state index contributed by atoms with van der Waals surface area (Å²) in [5, 5.41) is 9.50. The van der Waals surface area contributed by atoms with Crippen LogP contribution in [0.25, 0.3) is 11.0 Å². The number of carboxylic acids is 1. The van der Waals surface area contributed by atoms with Crippen LogP contribution in [-0.4, -0.2) is 27.6 Å². The van der Waals surface area contributed by atoms with Crippen LogP contribution in [0.2, 0.25) is 0 Å². The van der Waals surface area contributed by atoms with Crippen LogP contribution in [0, 0.1) is 0 Å². The summed E-state index contributed by atoms with van der Waals surface area (Å²) >= 11 is 0. The molecule has 5 nitrogen and oxygen atoms in total. The lowest BCUT2D eigenvalue weighted by Gasteiger charge is -2.03. The second-order valence-electron chi connectivity index (χ2n) is 4.17. The second-order valence-corrected chi connectivity index (χ2v) is 6.59. The van der Waals surface area contributed by atoms with Crippen molar-refractivity contribution in [2.24, 2.45) is 4.36 Å². The molecule has 1 aliphatic heterocycles. The van der Waals surface area contributed by atoms with Gasteiger partial charge >= 0.3 is 5.97 Å². The van der Waals surface area contributed by atoms with E-state index < -0.39 is 15.7 Å². The van der Waals surface area contributed by atoms with E-state index in [1.165, 1.54) is 6.07 Å². The Bertz CT molecular complexity index is 753. The van der Waals surface area contributed by atoms with Crippen molar-refractivity contribution >= 4 is 26.7 Å². The maximum atomic E-state index is 12.5. The molecule has 0 saturated heterocycles. The molecule has 1 atom stereocenters. The van der Waals surface area contributed by atoms with Gasteiger partial charge in [-0.05, 0) is 30.7 Å². The van der Waals surface area contributed by atoms with E-state index in [1.54, 1.807) is 18.2 Å². The number of fused-ring (bicyclic) bond motifs is 1. The first-order chi connectivity index (χ1) is 8.58. The van der Waals surface area contributed by atoms with E-state index in [0.29, 0.717) is 28.2 Å². The number of carboxylic acid groups (broad SMARTS) is 1. The van der Waals surface area contributed by atoms with Gasteiger partial charge in [0.05, 0.1) is 9.73 Å². The average Bonchev–Trinajstić information content (AvgIpc) is 2.94. The zero-order valence-corrected chi connectivity index (χ0v) is 10.3. The van der Waals surface area contributed by atoms with E-state index in [4.69, 9.17) is 9.52 Å². The smallest absolute Gasteiger partial charge is 0.371 e. The summed E-state index contributed by atoms with van der Waals surface area (Å²) < 4.78 is 21.8. The van der Waals surface area contributed by atoms with Crippen LogP contribution in [0.15, 0.2) is 37.9 Å². The minimum absolute atomic E-state index is 0.111. The molecule has 0 radical (unpaired) electrons. The lowest BCUT2D eigenvalue weighted by atomic mass is 10.2. The first kappa shape index (κ1) is 11.3. The highest BCUT2D eigenvalue weighted by atomic mass is 32.2. The van der Waals surface area contributed by atoms with E-state index in [-0.39, 0.29) is 5.76 Å². The topological polar surface area (TPSA) is 79.9 Å². The highest BCUT2D eigenvalue weighted by Gasteiger charge is 2.19. The Hall–Kier alpha value is -1.82. The van der Waals surface area contributed by atoms with Gasteiger partial charge in [0, 0.05) is 22.6 Å². The van der Waals surface area contributed by atoms with Gasteiger partial charge in [0.25, 0.3) is 0 Å². The van der Waals surface area contributed by atoms with Crippen LogP contribution >= 0.6 is 0 Å². The van der Waals surface area contributed by atoms with Crippen LogP contribution in [0.4, 0.5) is 0 Å². The van der Waals surface area contributed by atoms with Gasteiger partial charge in [-0.15, -0.1) is 0 Å². The minimum Gasteiger partial charge on any atom is -0.475 e. The molecular weight excluding hydrogens is 254 g/mol. The van der Waals surface area contributed by atoms with Crippen molar-refractivity contribution in [3.8, 4) is 0 Å². The van der Waals surface area contributed by atoms with Gasteiger partial charge in [-0.2, -0.15) is 0 Å². The molecular formula is C12H11NO4S. The molecule has 1 aliphatic rings. The van der Waals surface area contributed by atoms with Crippen LogP contribution in [0.5, 0.6) is 0 Å². The van der Waals surface area contributed by atoms with E-state index >= 15 is 0 Å². The maximum Gasteiger partial charge on any atom is 0.371 e. The monoisotopic (exact) mass is 265 g/mol. The van der Waals surface area contributed by atoms with Crippen LogP contribution < -0.4 is 0 Å². The summed E-state index contributed by atoms with van der Waals surface area (Å²) in [4.78, 5) is 11.5. The van der Waals surface area contributed by atoms with Crippen LogP contribution in [-0.2, 0) is 9.73 Å². The summed E-state index contributed by atoms with van der Waals surface area (Å²) in [6.45, 7) is 0.628. The minimum atomic E-state index is -2.30. The fourth-order valence-corrected chi connectivity index (χ4v) is 4.10. The molecule has 94 valence electrons. The van der Waals surface area contributed by atoms with E-state index in [0.717, 1.165) is 6.42 Å². The number of rotatable bonds is 2. The summed E-state index contributed by atoms with van der Waals surface area (Å²) in [5.74, 6) is -0.648. The molecule has 0 fully saturated rings. The second kappa shape index (κ2) is 3.84. The third-order valence-electron chi connectivity index (χ3n) is 2.95. The summed E-state index contributed by atoms with van der Waals surface area (Å²) in [5.41, 5.74) is 0.483.